The molecule has 0 spiro atoms. The van der Waals surface area contributed by atoms with E-state index in [1.807, 2.05) is 18.2 Å². The van der Waals surface area contributed by atoms with Gasteiger partial charge in [-0.3, -0.25) is 4.79 Å². The predicted octanol–water partition coefficient (Wildman–Crippen LogP) is 2.72. The average Bonchev–Trinajstić information content (AvgIpc) is 2.85. The van der Waals surface area contributed by atoms with Crippen molar-refractivity contribution in [2.45, 2.75) is 32.6 Å². The zero-order valence-corrected chi connectivity index (χ0v) is 12.3. The number of carbonyl (C=O) groups is 1. The molecule has 0 aliphatic carbocycles. The molecule has 1 atom stereocenters. The summed E-state index contributed by atoms with van der Waals surface area (Å²) in [4.78, 5) is 14.3. The van der Waals surface area contributed by atoms with Crippen molar-refractivity contribution in [2.24, 2.45) is 5.92 Å². The van der Waals surface area contributed by atoms with Gasteiger partial charge >= 0.3 is 0 Å². The van der Waals surface area contributed by atoms with E-state index in [0.717, 1.165) is 31.2 Å². The first-order valence-electron chi connectivity index (χ1n) is 7.55. The SMILES string of the molecule is CCCC1CCN(CCC(=O)Nc2cccc(N)c2)C1. The summed E-state index contributed by atoms with van der Waals surface area (Å²) in [7, 11) is 0. The molecule has 2 rings (SSSR count). The van der Waals surface area contributed by atoms with Crippen LogP contribution in [-0.2, 0) is 4.79 Å². The van der Waals surface area contributed by atoms with E-state index in [1.165, 1.54) is 19.3 Å². The lowest BCUT2D eigenvalue weighted by atomic mass is 10.0. The second-order valence-corrected chi connectivity index (χ2v) is 5.67. The lowest BCUT2D eigenvalue weighted by Crippen LogP contribution is -2.26. The van der Waals surface area contributed by atoms with Crippen LogP contribution in [0.2, 0.25) is 0 Å². The first kappa shape index (κ1) is 14.9. The molecule has 20 heavy (non-hydrogen) atoms. The highest BCUT2D eigenvalue weighted by atomic mass is 16.1. The number of rotatable bonds is 6. The molecule has 4 nitrogen and oxygen atoms in total. The van der Waals surface area contributed by atoms with Gasteiger partial charge in [0.15, 0.2) is 0 Å². The molecule has 1 fully saturated rings. The third-order valence-corrected chi connectivity index (χ3v) is 3.89. The molecule has 0 radical (unpaired) electrons. The summed E-state index contributed by atoms with van der Waals surface area (Å²) in [5, 5.41) is 2.90. The number of carbonyl (C=O) groups excluding carboxylic acids is 1. The Bertz CT molecular complexity index is 447. The third-order valence-electron chi connectivity index (χ3n) is 3.89. The van der Waals surface area contributed by atoms with Crippen LogP contribution >= 0.6 is 0 Å². The van der Waals surface area contributed by atoms with Crippen molar-refractivity contribution in [3.63, 3.8) is 0 Å². The summed E-state index contributed by atoms with van der Waals surface area (Å²) >= 11 is 0. The molecule has 3 N–H and O–H groups in total. The van der Waals surface area contributed by atoms with E-state index >= 15 is 0 Å². The Labute approximate surface area is 121 Å². The molecule has 1 saturated heterocycles. The van der Waals surface area contributed by atoms with E-state index in [0.29, 0.717) is 12.1 Å². The fourth-order valence-corrected chi connectivity index (χ4v) is 2.86. The maximum Gasteiger partial charge on any atom is 0.225 e. The molecule has 0 saturated carbocycles. The van der Waals surface area contributed by atoms with Crippen molar-refractivity contribution in [2.75, 3.05) is 30.7 Å². The molecule has 1 unspecified atom stereocenters. The summed E-state index contributed by atoms with van der Waals surface area (Å²) in [6.45, 7) is 5.38. The number of benzene rings is 1. The molecular weight excluding hydrogens is 250 g/mol. The van der Waals surface area contributed by atoms with Crippen molar-refractivity contribution in [1.82, 2.24) is 4.90 Å². The largest absolute Gasteiger partial charge is 0.399 e. The fourth-order valence-electron chi connectivity index (χ4n) is 2.86. The summed E-state index contributed by atoms with van der Waals surface area (Å²) in [6, 6.07) is 7.31. The van der Waals surface area contributed by atoms with E-state index in [4.69, 9.17) is 5.73 Å². The lowest BCUT2D eigenvalue weighted by Gasteiger charge is -2.15. The van der Waals surface area contributed by atoms with Crippen molar-refractivity contribution >= 4 is 17.3 Å². The van der Waals surface area contributed by atoms with Gasteiger partial charge in [0.2, 0.25) is 5.91 Å². The van der Waals surface area contributed by atoms with Crippen LogP contribution in [0.1, 0.15) is 32.6 Å². The molecule has 1 aromatic rings. The summed E-state index contributed by atoms with van der Waals surface area (Å²) in [5.41, 5.74) is 7.14. The Balaban J connectivity index is 1.70. The molecule has 110 valence electrons. The molecule has 4 heteroatoms. The zero-order valence-electron chi connectivity index (χ0n) is 12.3. The Morgan fingerprint density at radius 3 is 3.10 bits per heavy atom. The highest BCUT2D eigenvalue weighted by Crippen LogP contribution is 2.20. The van der Waals surface area contributed by atoms with E-state index in [-0.39, 0.29) is 5.91 Å². The molecule has 1 aliphatic heterocycles. The standard InChI is InChI=1S/C16H25N3O/c1-2-4-13-7-9-19(12-13)10-8-16(20)18-15-6-3-5-14(17)11-15/h3,5-6,11,13H,2,4,7-10,12,17H2,1H3,(H,18,20). The Hall–Kier alpha value is -1.55. The number of likely N-dealkylation sites (tertiary alicyclic amines) is 1. The first-order chi connectivity index (χ1) is 9.67. The monoisotopic (exact) mass is 275 g/mol. The average molecular weight is 275 g/mol. The van der Waals surface area contributed by atoms with Gasteiger partial charge in [-0.1, -0.05) is 19.4 Å². The first-order valence-corrected chi connectivity index (χ1v) is 7.55. The van der Waals surface area contributed by atoms with Crippen LogP contribution in [-0.4, -0.2) is 30.4 Å². The molecular formula is C16H25N3O. The highest BCUT2D eigenvalue weighted by Gasteiger charge is 2.21. The number of nitrogens with one attached hydrogen (secondary N) is 1. The predicted molar refractivity (Wildman–Crippen MR) is 83.6 cm³/mol. The summed E-state index contributed by atoms with van der Waals surface area (Å²) < 4.78 is 0. The lowest BCUT2D eigenvalue weighted by molar-refractivity contribution is -0.116. The maximum atomic E-state index is 11.9. The number of nitrogen functional groups attached to an aromatic ring is 1. The number of amides is 1. The Kier molecular flexibility index (Phi) is 5.41. The van der Waals surface area contributed by atoms with Gasteiger partial charge in [-0.2, -0.15) is 0 Å². The Morgan fingerprint density at radius 1 is 1.50 bits per heavy atom. The Morgan fingerprint density at radius 2 is 2.35 bits per heavy atom. The highest BCUT2D eigenvalue weighted by molar-refractivity contribution is 5.91. The summed E-state index contributed by atoms with van der Waals surface area (Å²) in [6.07, 6.45) is 4.40. The van der Waals surface area contributed by atoms with Gasteiger partial charge in [0.25, 0.3) is 0 Å². The number of hydrogen-bond acceptors (Lipinski definition) is 3. The van der Waals surface area contributed by atoms with Gasteiger partial charge in [0.05, 0.1) is 0 Å². The summed E-state index contributed by atoms with van der Waals surface area (Å²) in [5.74, 6) is 0.895. The van der Waals surface area contributed by atoms with Gasteiger partial charge in [0.1, 0.15) is 0 Å². The zero-order chi connectivity index (χ0) is 14.4. The van der Waals surface area contributed by atoms with Gasteiger partial charge in [0, 0.05) is 30.9 Å². The molecule has 1 amide bonds. The van der Waals surface area contributed by atoms with Gasteiger partial charge in [-0.15, -0.1) is 0 Å². The molecule has 0 bridgehead atoms. The van der Waals surface area contributed by atoms with Gasteiger partial charge < -0.3 is 16.0 Å². The second-order valence-electron chi connectivity index (χ2n) is 5.67. The van der Waals surface area contributed by atoms with Crippen molar-refractivity contribution in [3.05, 3.63) is 24.3 Å². The molecule has 1 aromatic carbocycles. The molecule has 0 aromatic heterocycles. The second kappa shape index (κ2) is 7.29. The minimum Gasteiger partial charge on any atom is -0.399 e. The van der Waals surface area contributed by atoms with Crippen LogP contribution in [0.4, 0.5) is 11.4 Å². The van der Waals surface area contributed by atoms with Crippen LogP contribution in [0, 0.1) is 5.92 Å². The maximum absolute atomic E-state index is 11.9. The van der Waals surface area contributed by atoms with Crippen LogP contribution in [0.25, 0.3) is 0 Å². The fraction of sp³-hybridized carbons (Fsp3) is 0.562. The molecule has 1 heterocycles. The number of nitrogens with two attached hydrogens (primary N) is 1. The number of hydrogen-bond donors (Lipinski definition) is 2. The van der Waals surface area contributed by atoms with Crippen LogP contribution in [0.5, 0.6) is 0 Å². The van der Waals surface area contributed by atoms with Crippen molar-refractivity contribution in [1.29, 1.82) is 0 Å². The molecule has 1 aliphatic rings. The van der Waals surface area contributed by atoms with Crippen LogP contribution in [0.3, 0.4) is 0 Å². The van der Waals surface area contributed by atoms with Crippen LogP contribution in [0.15, 0.2) is 24.3 Å². The number of anilines is 2. The quantitative estimate of drug-likeness (QED) is 0.785. The van der Waals surface area contributed by atoms with E-state index in [1.54, 1.807) is 6.07 Å². The van der Waals surface area contributed by atoms with Gasteiger partial charge in [-0.05, 0) is 43.5 Å². The van der Waals surface area contributed by atoms with Crippen molar-refractivity contribution in [3.8, 4) is 0 Å². The number of nitrogens with zero attached hydrogens (tertiary/aromatic N) is 1. The topological polar surface area (TPSA) is 58.4 Å². The smallest absolute Gasteiger partial charge is 0.225 e. The normalized spacial score (nSPS) is 19.1. The van der Waals surface area contributed by atoms with E-state index in [9.17, 15) is 4.79 Å². The van der Waals surface area contributed by atoms with Gasteiger partial charge in [-0.25, -0.2) is 0 Å². The van der Waals surface area contributed by atoms with E-state index in [2.05, 4.69) is 17.1 Å². The minimum absolute atomic E-state index is 0.0644. The van der Waals surface area contributed by atoms with Crippen molar-refractivity contribution < 1.29 is 4.79 Å². The third kappa shape index (κ3) is 4.53. The van der Waals surface area contributed by atoms with E-state index < -0.39 is 0 Å². The minimum atomic E-state index is 0.0644. The van der Waals surface area contributed by atoms with Crippen LogP contribution < -0.4 is 11.1 Å².